The number of halogens is 2. The third-order valence-corrected chi connectivity index (χ3v) is 3.58. The molecule has 0 saturated heterocycles. The molecule has 2 rings (SSSR count). The van der Waals surface area contributed by atoms with E-state index in [1.807, 2.05) is 0 Å². The summed E-state index contributed by atoms with van der Waals surface area (Å²) >= 11 is 6.13. The summed E-state index contributed by atoms with van der Waals surface area (Å²) in [5.41, 5.74) is 0.648. The number of benzene rings is 1. The van der Waals surface area contributed by atoms with E-state index in [-0.39, 0.29) is 11.9 Å². The van der Waals surface area contributed by atoms with Crippen LogP contribution < -0.4 is 5.32 Å². The standard InChI is InChI=1S/C14H19ClFN/c1-2-8-17-13(9-10-6-7-10)14-11(15)4-3-5-12(14)16/h3-5,10,13,17H,2,6-9H2,1H3. The molecule has 0 heterocycles. The lowest BCUT2D eigenvalue weighted by Gasteiger charge is -2.20. The number of rotatable bonds is 6. The van der Waals surface area contributed by atoms with E-state index in [1.54, 1.807) is 12.1 Å². The largest absolute Gasteiger partial charge is 0.310 e. The number of nitrogens with one attached hydrogen (secondary N) is 1. The van der Waals surface area contributed by atoms with E-state index in [2.05, 4.69) is 12.2 Å². The second-order valence-electron chi connectivity index (χ2n) is 4.82. The lowest BCUT2D eigenvalue weighted by molar-refractivity contribution is 0.453. The van der Waals surface area contributed by atoms with Crippen LogP contribution in [0.3, 0.4) is 0 Å². The molecule has 0 amide bonds. The fourth-order valence-electron chi connectivity index (χ4n) is 2.15. The summed E-state index contributed by atoms with van der Waals surface area (Å²) in [5.74, 6) is 0.562. The Bertz CT molecular complexity index is 356. The molecule has 1 aromatic rings. The molecular formula is C14H19ClFN. The Morgan fingerprint density at radius 3 is 2.82 bits per heavy atom. The maximum absolute atomic E-state index is 13.9. The molecule has 1 unspecified atom stereocenters. The van der Waals surface area contributed by atoms with Crippen molar-refractivity contribution < 1.29 is 4.39 Å². The van der Waals surface area contributed by atoms with Crippen LogP contribution in [0.15, 0.2) is 18.2 Å². The molecule has 0 aliphatic heterocycles. The van der Waals surface area contributed by atoms with Crippen LogP contribution in [-0.2, 0) is 0 Å². The average molecular weight is 256 g/mol. The number of hydrogen-bond donors (Lipinski definition) is 1. The molecule has 17 heavy (non-hydrogen) atoms. The van der Waals surface area contributed by atoms with Crippen molar-refractivity contribution in [2.24, 2.45) is 5.92 Å². The molecule has 0 bridgehead atoms. The molecule has 94 valence electrons. The van der Waals surface area contributed by atoms with Crippen molar-refractivity contribution in [2.75, 3.05) is 6.54 Å². The van der Waals surface area contributed by atoms with Gasteiger partial charge in [-0.3, -0.25) is 0 Å². The molecular weight excluding hydrogens is 237 g/mol. The maximum Gasteiger partial charge on any atom is 0.129 e. The van der Waals surface area contributed by atoms with Crippen molar-refractivity contribution >= 4 is 11.6 Å². The first kappa shape index (κ1) is 12.8. The first-order chi connectivity index (χ1) is 8.22. The summed E-state index contributed by atoms with van der Waals surface area (Å²) in [6.07, 6.45) is 4.60. The molecule has 1 N–H and O–H groups in total. The molecule has 0 aromatic heterocycles. The van der Waals surface area contributed by atoms with Crippen molar-refractivity contribution in [1.29, 1.82) is 0 Å². The van der Waals surface area contributed by atoms with Crippen molar-refractivity contribution in [3.8, 4) is 0 Å². The molecule has 1 aliphatic carbocycles. The van der Waals surface area contributed by atoms with Gasteiger partial charge in [-0.15, -0.1) is 0 Å². The SMILES string of the molecule is CCCNC(CC1CC1)c1c(F)cccc1Cl. The van der Waals surface area contributed by atoms with Crippen LogP contribution in [0.5, 0.6) is 0 Å². The zero-order valence-electron chi connectivity index (χ0n) is 10.2. The topological polar surface area (TPSA) is 12.0 Å². The van der Waals surface area contributed by atoms with E-state index in [4.69, 9.17) is 11.6 Å². The van der Waals surface area contributed by atoms with Gasteiger partial charge < -0.3 is 5.32 Å². The smallest absolute Gasteiger partial charge is 0.129 e. The average Bonchev–Trinajstić information content (AvgIpc) is 3.09. The molecule has 0 spiro atoms. The van der Waals surface area contributed by atoms with Gasteiger partial charge in [0.05, 0.1) is 0 Å². The van der Waals surface area contributed by atoms with Crippen LogP contribution in [0, 0.1) is 11.7 Å². The van der Waals surface area contributed by atoms with Gasteiger partial charge in [-0.2, -0.15) is 0 Å². The molecule has 1 fully saturated rings. The van der Waals surface area contributed by atoms with Crippen molar-refractivity contribution in [1.82, 2.24) is 5.32 Å². The summed E-state index contributed by atoms with van der Waals surface area (Å²) < 4.78 is 13.9. The molecule has 1 aromatic carbocycles. The van der Waals surface area contributed by atoms with Gasteiger partial charge in [0.15, 0.2) is 0 Å². The Kier molecular flexibility index (Phi) is 4.41. The Morgan fingerprint density at radius 2 is 2.24 bits per heavy atom. The highest BCUT2D eigenvalue weighted by Gasteiger charge is 2.28. The van der Waals surface area contributed by atoms with Crippen LogP contribution in [-0.4, -0.2) is 6.54 Å². The third-order valence-electron chi connectivity index (χ3n) is 3.25. The third kappa shape index (κ3) is 3.43. The second-order valence-corrected chi connectivity index (χ2v) is 5.23. The van der Waals surface area contributed by atoms with Gasteiger partial charge >= 0.3 is 0 Å². The predicted molar refractivity (Wildman–Crippen MR) is 69.8 cm³/mol. The lowest BCUT2D eigenvalue weighted by atomic mass is 10.00. The lowest BCUT2D eigenvalue weighted by Crippen LogP contribution is -2.24. The monoisotopic (exact) mass is 255 g/mol. The quantitative estimate of drug-likeness (QED) is 0.798. The van der Waals surface area contributed by atoms with E-state index in [0.717, 1.165) is 25.3 Å². The van der Waals surface area contributed by atoms with Crippen LogP contribution >= 0.6 is 11.6 Å². The first-order valence-electron chi connectivity index (χ1n) is 6.39. The highest BCUT2D eigenvalue weighted by Crippen LogP contribution is 2.39. The van der Waals surface area contributed by atoms with Gasteiger partial charge in [-0.05, 0) is 37.4 Å². The fourth-order valence-corrected chi connectivity index (χ4v) is 2.45. The summed E-state index contributed by atoms with van der Waals surface area (Å²) in [6.45, 7) is 3.02. The number of hydrogen-bond acceptors (Lipinski definition) is 1. The normalized spacial score (nSPS) is 17.1. The predicted octanol–water partition coefficient (Wildman–Crippen LogP) is 4.32. The molecule has 3 heteroatoms. The summed E-state index contributed by atoms with van der Waals surface area (Å²) in [6, 6.07) is 4.99. The summed E-state index contributed by atoms with van der Waals surface area (Å²) in [5, 5.41) is 3.96. The van der Waals surface area contributed by atoms with E-state index in [0.29, 0.717) is 10.6 Å². The first-order valence-corrected chi connectivity index (χ1v) is 6.77. The Morgan fingerprint density at radius 1 is 1.47 bits per heavy atom. The summed E-state index contributed by atoms with van der Waals surface area (Å²) in [7, 11) is 0. The van der Waals surface area contributed by atoms with Crippen molar-refractivity contribution in [2.45, 2.75) is 38.6 Å². The van der Waals surface area contributed by atoms with Crippen LogP contribution in [0.1, 0.15) is 44.2 Å². The van der Waals surface area contributed by atoms with Gasteiger partial charge in [-0.1, -0.05) is 37.4 Å². The Balaban J connectivity index is 2.16. The van der Waals surface area contributed by atoms with E-state index < -0.39 is 0 Å². The highest BCUT2D eigenvalue weighted by atomic mass is 35.5. The summed E-state index contributed by atoms with van der Waals surface area (Å²) in [4.78, 5) is 0. The molecule has 1 saturated carbocycles. The zero-order valence-corrected chi connectivity index (χ0v) is 10.9. The maximum atomic E-state index is 13.9. The van der Waals surface area contributed by atoms with Gasteiger partial charge in [0.25, 0.3) is 0 Å². The van der Waals surface area contributed by atoms with Crippen LogP contribution in [0.4, 0.5) is 4.39 Å². The van der Waals surface area contributed by atoms with E-state index in [1.165, 1.54) is 18.9 Å². The van der Waals surface area contributed by atoms with Crippen molar-refractivity contribution in [3.05, 3.63) is 34.6 Å². The van der Waals surface area contributed by atoms with Gasteiger partial charge in [0, 0.05) is 16.6 Å². The van der Waals surface area contributed by atoms with E-state index in [9.17, 15) is 4.39 Å². The molecule has 1 atom stereocenters. The molecule has 0 radical (unpaired) electrons. The molecule has 1 aliphatic rings. The minimum atomic E-state index is -0.188. The van der Waals surface area contributed by atoms with Crippen LogP contribution in [0.2, 0.25) is 5.02 Å². The van der Waals surface area contributed by atoms with Gasteiger partial charge in [0.1, 0.15) is 5.82 Å². The highest BCUT2D eigenvalue weighted by molar-refractivity contribution is 6.31. The van der Waals surface area contributed by atoms with Gasteiger partial charge in [0.2, 0.25) is 0 Å². The molecule has 1 nitrogen and oxygen atoms in total. The zero-order chi connectivity index (χ0) is 12.3. The Labute approximate surface area is 107 Å². The van der Waals surface area contributed by atoms with Crippen molar-refractivity contribution in [3.63, 3.8) is 0 Å². The fraction of sp³-hybridized carbons (Fsp3) is 0.571. The minimum absolute atomic E-state index is 0.0659. The minimum Gasteiger partial charge on any atom is -0.310 e. The Hall–Kier alpha value is -0.600. The van der Waals surface area contributed by atoms with Gasteiger partial charge in [-0.25, -0.2) is 4.39 Å². The van der Waals surface area contributed by atoms with Crippen LogP contribution in [0.25, 0.3) is 0 Å². The van der Waals surface area contributed by atoms with E-state index >= 15 is 0 Å². The second kappa shape index (κ2) is 5.83.